The Hall–Kier alpha value is -6.28. The summed E-state index contributed by atoms with van der Waals surface area (Å²) < 4.78 is 84.1. The Kier molecular flexibility index (Phi) is 16.1. The molecule has 1 aromatic heterocycles. The Balaban J connectivity index is 0.755. The van der Waals surface area contributed by atoms with Crippen LogP contribution in [0.2, 0.25) is 5.02 Å². The second kappa shape index (κ2) is 22.8. The average molecular weight is 1100 g/mol. The smallest absolute Gasteiger partial charge is 0.329 e. The Bertz CT molecular complexity index is 3110. The first-order chi connectivity index (χ1) is 37.5. The molecule has 0 spiro atoms. The monoisotopic (exact) mass is 1100 g/mol. The van der Waals surface area contributed by atoms with E-state index in [-0.39, 0.29) is 111 Å². The number of halogens is 5. The van der Waals surface area contributed by atoms with Gasteiger partial charge in [0.2, 0.25) is 11.8 Å². The van der Waals surface area contributed by atoms with Crippen LogP contribution in [-0.4, -0.2) is 123 Å². The van der Waals surface area contributed by atoms with Crippen molar-refractivity contribution in [3.63, 3.8) is 0 Å². The van der Waals surface area contributed by atoms with Crippen LogP contribution in [0.15, 0.2) is 54.6 Å². The van der Waals surface area contributed by atoms with Crippen LogP contribution in [0.4, 0.5) is 28.2 Å². The summed E-state index contributed by atoms with van der Waals surface area (Å²) in [5.74, 6) is -4.08. The molecule has 4 aromatic carbocycles. The molecule has 78 heavy (non-hydrogen) atoms. The fourth-order valence-electron chi connectivity index (χ4n) is 12.9. The topological polar surface area (TPSA) is 160 Å². The molecule has 0 radical (unpaired) electrons. The number of amides is 5. The van der Waals surface area contributed by atoms with Crippen molar-refractivity contribution in [1.29, 1.82) is 0 Å². The number of fused-ring (bicyclic) bond motifs is 2. The molecule has 4 unspecified atom stereocenters. The highest BCUT2D eigenvalue weighted by Crippen LogP contribution is 2.57. The van der Waals surface area contributed by atoms with Gasteiger partial charge in [-0.3, -0.25) is 29.3 Å². The van der Waals surface area contributed by atoms with Gasteiger partial charge in [0.15, 0.2) is 28.8 Å². The van der Waals surface area contributed by atoms with E-state index >= 15 is 17.6 Å². The number of nitrogens with one attached hydrogen (secondary N) is 3. The van der Waals surface area contributed by atoms with Gasteiger partial charge < -0.3 is 34.6 Å². The number of benzene rings is 4. The van der Waals surface area contributed by atoms with Crippen molar-refractivity contribution in [2.45, 2.75) is 88.7 Å². The summed E-state index contributed by atoms with van der Waals surface area (Å²) in [4.78, 5) is 57.5. The van der Waals surface area contributed by atoms with Gasteiger partial charge in [0.1, 0.15) is 29.5 Å². The number of imide groups is 1. The van der Waals surface area contributed by atoms with Crippen molar-refractivity contribution >= 4 is 52.1 Å². The summed E-state index contributed by atoms with van der Waals surface area (Å²) in [7, 11) is 4.49. The molecule has 20 heteroatoms. The summed E-state index contributed by atoms with van der Waals surface area (Å²) >= 11 is 6.83. The number of piperidine rings is 2. The summed E-state index contributed by atoms with van der Waals surface area (Å²) in [6.07, 6.45) is 4.99. The third kappa shape index (κ3) is 10.3. The molecule has 5 aliphatic rings. The summed E-state index contributed by atoms with van der Waals surface area (Å²) in [5.41, 5.74) is 0.0817. The van der Waals surface area contributed by atoms with Gasteiger partial charge in [0.05, 0.1) is 22.6 Å². The predicted octanol–water partition coefficient (Wildman–Crippen LogP) is 9.19. The highest BCUT2D eigenvalue weighted by Gasteiger charge is 2.50. The molecule has 1 aliphatic carbocycles. The highest BCUT2D eigenvalue weighted by atomic mass is 35.5. The molecule has 4 fully saturated rings. The summed E-state index contributed by atoms with van der Waals surface area (Å²) in [6.45, 7) is 8.27. The number of carbonyl (C=O) groups excluding carboxylic acids is 4. The van der Waals surface area contributed by atoms with Crippen LogP contribution in [0.25, 0.3) is 22.0 Å². The molecule has 10 rings (SSSR count). The number of carbonyl (C=O) groups is 4. The third-order valence-corrected chi connectivity index (χ3v) is 17.6. The normalized spacial score (nSPS) is 24.1. The van der Waals surface area contributed by atoms with Crippen LogP contribution >= 0.6 is 11.6 Å². The van der Waals surface area contributed by atoms with Gasteiger partial charge in [0.25, 0.3) is 5.91 Å². The van der Waals surface area contributed by atoms with Crippen molar-refractivity contribution in [3.8, 4) is 22.6 Å². The third-order valence-electron chi connectivity index (χ3n) is 17.2. The molecule has 3 N–H and O–H groups in total. The van der Waals surface area contributed by atoms with Gasteiger partial charge >= 0.3 is 6.03 Å². The molecule has 4 aliphatic heterocycles. The number of hydrogen-bond acceptors (Lipinski definition) is 10. The van der Waals surface area contributed by atoms with Gasteiger partial charge in [0, 0.05) is 107 Å². The second-order valence-corrected chi connectivity index (χ2v) is 22.1. The Morgan fingerprint density at radius 3 is 2.32 bits per heavy atom. The quantitative estimate of drug-likeness (QED) is 0.0682. The molecular formula is C58H67ClF4N8O7. The van der Waals surface area contributed by atoms with E-state index < -0.39 is 52.6 Å². The lowest BCUT2D eigenvalue weighted by Gasteiger charge is -2.42. The standard InChI is InChI=1S/C58H67ClF4N8O7/c1-32-29-70(23-19-36(32)30-69-21-17-34(18-22-69)47-41(60)27-40-53(52(47)63)68(4)67-54(40)71-24-20-45(72)66-57(71)75)56(74)35-11-13-38(14-12-35)65-31-58(37-9-7-6-8-10-37)33(2)46-44(78-58)28-42(61)50(59)49(46)48-39(55(73)64-3)15-16-43(51(48)62)77-26-25-76-5/h6-10,15-16,27-28,32-36,38,65H,11-14,17-26,29-31H2,1-5H3,(H,64,73)(H,66,72,75). The van der Waals surface area contributed by atoms with E-state index in [0.717, 1.165) is 31.4 Å². The highest BCUT2D eigenvalue weighted by molar-refractivity contribution is 6.34. The lowest BCUT2D eigenvalue weighted by Crippen LogP contribution is -2.50. The Morgan fingerprint density at radius 1 is 0.885 bits per heavy atom. The first-order valence-corrected chi connectivity index (χ1v) is 27.5. The largest absolute Gasteiger partial charge is 0.488 e. The number of likely N-dealkylation sites (tertiary alicyclic amines) is 2. The van der Waals surface area contributed by atoms with Crippen LogP contribution in [-0.2, 0) is 27.0 Å². The number of rotatable bonds is 15. The average Bonchev–Trinajstić information content (AvgIpc) is 4.01. The maximum absolute atomic E-state index is 16.8. The van der Waals surface area contributed by atoms with Crippen molar-refractivity contribution in [2.24, 2.45) is 24.8 Å². The van der Waals surface area contributed by atoms with E-state index in [1.165, 1.54) is 48.0 Å². The Morgan fingerprint density at radius 2 is 1.63 bits per heavy atom. The van der Waals surface area contributed by atoms with Crippen molar-refractivity contribution in [3.05, 3.63) is 105 Å². The molecule has 5 aromatic rings. The molecule has 416 valence electrons. The van der Waals surface area contributed by atoms with Gasteiger partial charge in [-0.2, -0.15) is 5.10 Å². The fourth-order valence-corrected chi connectivity index (χ4v) is 13.1. The fraction of sp³-hybridized carbons (Fsp3) is 0.500. The second-order valence-electron chi connectivity index (χ2n) is 21.8. The first-order valence-electron chi connectivity index (χ1n) is 27.2. The number of aryl methyl sites for hydroxylation is 1. The molecule has 5 heterocycles. The van der Waals surface area contributed by atoms with Crippen LogP contribution in [0.1, 0.15) is 104 Å². The zero-order chi connectivity index (χ0) is 55.2. The van der Waals surface area contributed by atoms with E-state index in [0.29, 0.717) is 69.9 Å². The number of aromatic nitrogens is 2. The molecule has 5 amide bonds. The number of methoxy groups -OCH3 is 1. The van der Waals surface area contributed by atoms with Crippen molar-refractivity contribution in [1.82, 2.24) is 35.5 Å². The summed E-state index contributed by atoms with van der Waals surface area (Å²) in [6, 6.07) is 14.3. The van der Waals surface area contributed by atoms with E-state index in [1.54, 1.807) is 7.05 Å². The van der Waals surface area contributed by atoms with Gasteiger partial charge in [-0.1, -0.05) is 55.8 Å². The molecule has 4 atom stereocenters. The molecule has 0 bridgehead atoms. The van der Waals surface area contributed by atoms with Crippen molar-refractivity contribution < 1.29 is 51.0 Å². The predicted molar refractivity (Wildman–Crippen MR) is 287 cm³/mol. The minimum absolute atomic E-state index is 0.0135. The molecule has 15 nitrogen and oxygen atoms in total. The van der Waals surface area contributed by atoms with E-state index in [9.17, 15) is 19.2 Å². The van der Waals surface area contributed by atoms with Crippen LogP contribution in [0.5, 0.6) is 11.5 Å². The number of urea groups is 1. The first kappa shape index (κ1) is 55.1. The number of ether oxygens (including phenoxy) is 3. The lowest BCUT2D eigenvalue weighted by atomic mass is 9.77. The van der Waals surface area contributed by atoms with E-state index in [1.807, 2.05) is 42.2 Å². The van der Waals surface area contributed by atoms with Crippen molar-refractivity contribution in [2.75, 3.05) is 78.1 Å². The lowest BCUT2D eigenvalue weighted by molar-refractivity contribution is -0.139. The molecule has 1 saturated carbocycles. The van der Waals surface area contributed by atoms with Crippen LogP contribution < -0.4 is 30.3 Å². The van der Waals surface area contributed by atoms with Gasteiger partial charge in [-0.15, -0.1) is 0 Å². The van der Waals surface area contributed by atoms with Gasteiger partial charge in [-0.05, 0) is 99.6 Å². The van der Waals surface area contributed by atoms with E-state index in [4.69, 9.17) is 25.8 Å². The Labute approximate surface area is 456 Å². The minimum Gasteiger partial charge on any atom is -0.488 e. The van der Waals surface area contributed by atoms with E-state index in [2.05, 4.69) is 32.9 Å². The maximum atomic E-state index is 16.8. The number of anilines is 1. The van der Waals surface area contributed by atoms with Crippen LogP contribution in [0.3, 0.4) is 0 Å². The zero-order valence-corrected chi connectivity index (χ0v) is 45.4. The number of nitrogens with zero attached hydrogens (tertiary/aromatic N) is 5. The summed E-state index contributed by atoms with van der Waals surface area (Å²) in [5, 5.41) is 12.8. The van der Waals surface area contributed by atoms with Crippen LogP contribution in [0, 0.1) is 41.0 Å². The number of hydrogen-bond donors (Lipinski definition) is 3. The van der Waals surface area contributed by atoms with Gasteiger partial charge in [-0.25, -0.2) is 22.4 Å². The minimum atomic E-state index is -1.11. The SMILES string of the molecule is CNC(=O)c1ccc(OCCOC)c(F)c1-c1c(Cl)c(F)cc2c1C(C)C(CNC1CCC(C(=O)N3CCC(CN4CCC(c5c(F)cc6c(N7CCC(=O)NC7=O)nn(C)c6c5F)CC4)C(C)C3)CC1)(c1ccccc1)O2. The zero-order valence-electron chi connectivity index (χ0n) is 44.7. The molecule has 3 saturated heterocycles. The maximum Gasteiger partial charge on any atom is 0.329 e. The molecular weight excluding hydrogens is 1030 g/mol.